The second-order valence-corrected chi connectivity index (χ2v) is 11.4. The van der Waals surface area contributed by atoms with Crippen molar-refractivity contribution in [3.05, 3.63) is 0 Å². The molecule has 4 bridgehead atoms. The van der Waals surface area contributed by atoms with Gasteiger partial charge in [-0.2, -0.15) is 0 Å². The lowest BCUT2D eigenvalue weighted by Crippen LogP contribution is -2.63. The van der Waals surface area contributed by atoms with Crippen molar-refractivity contribution in [1.29, 1.82) is 0 Å². The maximum Gasteiger partial charge on any atom is 0.0900 e. The van der Waals surface area contributed by atoms with Crippen molar-refractivity contribution in [3.8, 4) is 0 Å². The average Bonchev–Trinajstić information content (AvgIpc) is 2.46. The summed E-state index contributed by atoms with van der Waals surface area (Å²) in [6, 6.07) is 0. The van der Waals surface area contributed by atoms with E-state index in [9.17, 15) is 10.2 Å². The number of likely N-dealkylation sites (tertiary alicyclic amines) is 1. The number of β-amino-alcohol motifs (C(OH)–C–C–N with tert-alkyl or cyclic N) is 1. The normalized spacial score (nSPS) is 42.9. The second-order valence-electron chi connectivity index (χ2n) is 11.4. The molecule has 1 aliphatic heterocycles. The van der Waals surface area contributed by atoms with Crippen LogP contribution in [0, 0.1) is 17.8 Å². The molecule has 0 aromatic carbocycles. The first-order valence-corrected chi connectivity index (χ1v) is 10.8. The van der Waals surface area contributed by atoms with Gasteiger partial charge in [0.2, 0.25) is 0 Å². The molecule has 4 nitrogen and oxygen atoms in total. The van der Waals surface area contributed by atoms with E-state index < -0.39 is 6.10 Å². The van der Waals surface area contributed by atoms with Crippen molar-refractivity contribution in [3.63, 3.8) is 0 Å². The van der Waals surface area contributed by atoms with Crippen molar-refractivity contribution >= 4 is 0 Å². The molecule has 0 spiro atoms. The molecule has 0 unspecified atom stereocenters. The molecule has 4 aliphatic carbocycles. The van der Waals surface area contributed by atoms with Crippen molar-refractivity contribution in [2.45, 2.75) is 108 Å². The smallest absolute Gasteiger partial charge is 0.0900 e. The fraction of sp³-hybridized carbons (Fsp3) is 1.00. The maximum atomic E-state index is 10.8. The third-order valence-corrected chi connectivity index (χ3v) is 7.89. The Morgan fingerprint density at radius 3 is 1.81 bits per heavy atom. The Labute approximate surface area is 159 Å². The zero-order valence-corrected chi connectivity index (χ0v) is 17.2. The number of hydrogen-bond acceptors (Lipinski definition) is 4. The van der Waals surface area contributed by atoms with E-state index in [0.717, 1.165) is 30.6 Å². The monoisotopic (exact) mass is 365 g/mol. The van der Waals surface area contributed by atoms with Gasteiger partial charge in [-0.25, -0.2) is 0 Å². The minimum absolute atomic E-state index is 0.0683. The van der Waals surface area contributed by atoms with Crippen LogP contribution < -0.4 is 0 Å². The van der Waals surface area contributed by atoms with Crippen LogP contribution in [-0.4, -0.2) is 57.2 Å². The van der Waals surface area contributed by atoms with Crippen LogP contribution in [0.25, 0.3) is 0 Å². The third-order valence-electron chi connectivity index (χ3n) is 7.89. The minimum Gasteiger partial charge on any atom is -0.393 e. The number of aliphatic hydroxyl groups is 2. The molecule has 1 atom stereocenters. The van der Waals surface area contributed by atoms with E-state index in [1.807, 2.05) is 0 Å². The predicted molar refractivity (Wildman–Crippen MR) is 103 cm³/mol. The van der Waals surface area contributed by atoms with Gasteiger partial charge in [-0.1, -0.05) is 0 Å². The van der Waals surface area contributed by atoms with E-state index in [1.165, 1.54) is 38.5 Å². The Hall–Kier alpha value is -0.160. The highest BCUT2D eigenvalue weighted by Crippen LogP contribution is 2.57. The van der Waals surface area contributed by atoms with E-state index in [0.29, 0.717) is 13.2 Å². The van der Waals surface area contributed by atoms with Crippen molar-refractivity contribution < 1.29 is 14.9 Å². The number of hydrogen-bond donors (Lipinski definition) is 2. The highest BCUT2D eigenvalue weighted by Gasteiger charge is 2.52. The van der Waals surface area contributed by atoms with Gasteiger partial charge < -0.3 is 14.9 Å². The molecule has 0 aromatic heterocycles. The van der Waals surface area contributed by atoms with Gasteiger partial charge in [-0.3, -0.25) is 4.90 Å². The van der Waals surface area contributed by atoms with E-state index in [2.05, 4.69) is 32.6 Å². The number of ether oxygens (including phenoxy) is 1. The fourth-order valence-electron chi connectivity index (χ4n) is 7.50. The Morgan fingerprint density at radius 2 is 1.35 bits per heavy atom. The van der Waals surface area contributed by atoms with Crippen LogP contribution in [0.5, 0.6) is 0 Å². The van der Waals surface area contributed by atoms with Crippen LogP contribution in [0.15, 0.2) is 0 Å². The quantitative estimate of drug-likeness (QED) is 0.784. The van der Waals surface area contributed by atoms with E-state index in [-0.39, 0.29) is 22.8 Å². The van der Waals surface area contributed by atoms with Gasteiger partial charge >= 0.3 is 0 Å². The second kappa shape index (κ2) is 6.43. The Kier molecular flexibility index (Phi) is 4.74. The van der Waals surface area contributed by atoms with Gasteiger partial charge in [-0.15, -0.1) is 0 Å². The summed E-state index contributed by atoms with van der Waals surface area (Å²) in [5.74, 6) is 2.62. The van der Waals surface area contributed by atoms with Gasteiger partial charge in [0.15, 0.2) is 0 Å². The van der Waals surface area contributed by atoms with Crippen LogP contribution in [0.2, 0.25) is 0 Å². The molecule has 5 fully saturated rings. The zero-order valence-electron chi connectivity index (χ0n) is 17.2. The third kappa shape index (κ3) is 3.59. The van der Waals surface area contributed by atoms with Crippen LogP contribution in [0.4, 0.5) is 0 Å². The minimum atomic E-state index is -0.461. The van der Waals surface area contributed by atoms with Crippen LogP contribution >= 0.6 is 0 Å². The Morgan fingerprint density at radius 1 is 0.885 bits per heavy atom. The lowest BCUT2D eigenvalue weighted by molar-refractivity contribution is -0.181. The topological polar surface area (TPSA) is 52.9 Å². The molecule has 5 rings (SSSR count). The zero-order chi connectivity index (χ0) is 18.7. The summed E-state index contributed by atoms with van der Waals surface area (Å²) >= 11 is 0. The molecule has 4 saturated carbocycles. The molecular weight excluding hydrogens is 326 g/mol. The molecule has 150 valence electrons. The first kappa shape index (κ1) is 19.2. The van der Waals surface area contributed by atoms with Crippen molar-refractivity contribution in [2.24, 2.45) is 17.8 Å². The molecule has 26 heavy (non-hydrogen) atoms. The summed E-state index contributed by atoms with van der Waals surface area (Å²) in [6.45, 7) is 9.82. The van der Waals surface area contributed by atoms with Gasteiger partial charge in [0.1, 0.15) is 0 Å². The summed E-state index contributed by atoms with van der Waals surface area (Å²) in [5, 5.41) is 21.0. The summed E-state index contributed by atoms with van der Waals surface area (Å²) in [5.41, 5.74) is -0.148. The standard InChI is InChI=1S/C22H39NO3/c1-20(2)11-18(24)12-21(3,4)23(20)13-19(25)14-26-22-8-15-5-16(9-22)7-17(6-15)10-22/h15-19,24-25H,5-14H2,1-4H3/t15?,16?,17?,19-,22?/m1/s1. The van der Waals surface area contributed by atoms with Gasteiger partial charge in [0.05, 0.1) is 24.4 Å². The average molecular weight is 366 g/mol. The first-order valence-electron chi connectivity index (χ1n) is 10.8. The largest absolute Gasteiger partial charge is 0.393 e. The van der Waals surface area contributed by atoms with Crippen molar-refractivity contribution in [2.75, 3.05) is 13.2 Å². The molecule has 4 heteroatoms. The van der Waals surface area contributed by atoms with E-state index in [1.54, 1.807) is 0 Å². The highest BCUT2D eigenvalue weighted by atomic mass is 16.5. The van der Waals surface area contributed by atoms with Gasteiger partial charge in [0.25, 0.3) is 0 Å². The lowest BCUT2D eigenvalue weighted by Gasteiger charge is -2.57. The SMILES string of the molecule is CC1(C)CC(O)CC(C)(C)N1C[C@@H](O)COC12CC3CC(CC(C3)C1)C2. The molecular formula is C22H39NO3. The highest BCUT2D eigenvalue weighted by molar-refractivity contribution is 5.04. The maximum absolute atomic E-state index is 10.8. The summed E-state index contributed by atoms with van der Waals surface area (Å²) in [7, 11) is 0. The van der Waals surface area contributed by atoms with E-state index in [4.69, 9.17) is 4.74 Å². The van der Waals surface area contributed by atoms with Crippen LogP contribution in [-0.2, 0) is 4.74 Å². The first-order chi connectivity index (χ1) is 12.1. The van der Waals surface area contributed by atoms with Crippen LogP contribution in [0.3, 0.4) is 0 Å². The Bertz CT molecular complexity index is 476. The number of piperidine rings is 1. The van der Waals surface area contributed by atoms with Gasteiger partial charge in [-0.05, 0) is 96.8 Å². The van der Waals surface area contributed by atoms with Crippen LogP contribution in [0.1, 0.15) is 79.1 Å². The molecule has 0 amide bonds. The predicted octanol–water partition coefficient (Wildman–Crippen LogP) is 3.35. The molecule has 5 aliphatic rings. The summed E-state index contributed by atoms with van der Waals surface area (Å²) in [4.78, 5) is 2.39. The molecule has 0 radical (unpaired) electrons. The lowest BCUT2D eigenvalue weighted by atomic mass is 9.54. The summed E-state index contributed by atoms with van der Waals surface area (Å²) < 4.78 is 6.48. The molecule has 1 saturated heterocycles. The number of nitrogens with zero attached hydrogens (tertiary/aromatic N) is 1. The number of rotatable bonds is 5. The fourth-order valence-corrected chi connectivity index (χ4v) is 7.50. The van der Waals surface area contributed by atoms with E-state index >= 15 is 0 Å². The number of aliphatic hydroxyl groups excluding tert-OH is 2. The summed E-state index contributed by atoms with van der Waals surface area (Å²) in [6.07, 6.45) is 8.73. The van der Waals surface area contributed by atoms with Gasteiger partial charge in [0, 0.05) is 17.6 Å². The Balaban J connectivity index is 1.36. The van der Waals surface area contributed by atoms with Crippen molar-refractivity contribution in [1.82, 2.24) is 4.90 Å². The molecule has 1 heterocycles. The molecule has 0 aromatic rings. The molecule has 2 N–H and O–H groups in total.